The lowest BCUT2D eigenvalue weighted by atomic mass is 10.2. The third-order valence-corrected chi connectivity index (χ3v) is 3.69. The summed E-state index contributed by atoms with van der Waals surface area (Å²) >= 11 is 3.44. The molecule has 0 aromatic carbocycles. The van der Waals surface area contributed by atoms with Gasteiger partial charge >= 0.3 is 0 Å². The predicted molar refractivity (Wildman–Crippen MR) is 66.4 cm³/mol. The Bertz CT molecular complexity index is 445. The number of imidazole rings is 1. The lowest BCUT2D eigenvalue weighted by Crippen LogP contribution is -2.39. The second-order valence-corrected chi connectivity index (χ2v) is 4.83. The fourth-order valence-corrected chi connectivity index (χ4v) is 2.77. The minimum Gasteiger partial charge on any atom is -0.379 e. The summed E-state index contributed by atoms with van der Waals surface area (Å²) in [6.45, 7) is 4.88. The van der Waals surface area contributed by atoms with Crippen molar-refractivity contribution in [2.24, 2.45) is 7.05 Å². The molecule has 2 rings (SSSR count). The SMILES string of the molecule is Cc1nc(Br)c(C(C#N)N2CCOCC2)n1C. The quantitative estimate of drug-likeness (QED) is 0.828. The summed E-state index contributed by atoms with van der Waals surface area (Å²) in [5, 5.41) is 9.40. The Morgan fingerprint density at radius 3 is 2.59 bits per heavy atom. The van der Waals surface area contributed by atoms with Gasteiger partial charge < -0.3 is 9.30 Å². The van der Waals surface area contributed by atoms with Crippen molar-refractivity contribution in [1.29, 1.82) is 5.26 Å². The molecule has 1 unspecified atom stereocenters. The number of nitrogens with zero attached hydrogens (tertiary/aromatic N) is 4. The third kappa shape index (κ3) is 2.37. The zero-order valence-electron chi connectivity index (χ0n) is 9.98. The summed E-state index contributed by atoms with van der Waals surface area (Å²) in [6.07, 6.45) is 0. The van der Waals surface area contributed by atoms with E-state index in [1.54, 1.807) is 0 Å². The molecule has 0 saturated carbocycles. The summed E-state index contributed by atoms with van der Waals surface area (Å²) in [5.41, 5.74) is 0.923. The number of morpholine rings is 1. The Kier molecular flexibility index (Phi) is 3.82. The molecule has 1 saturated heterocycles. The van der Waals surface area contributed by atoms with E-state index in [2.05, 4.69) is 31.9 Å². The zero-order chi connectivity index (χ0) is 12.4. The maximum Gasteiger partial charge on any atom is 0.141 e. The molecule has 0 radical (unpaired) electrons. The summed E-state index contributed by atoms with van der Waals surface area (Å²) in [5.74, 6) is 0.903. The summed E-state index contributed by atoms with van der Waals surface area (Å²) in [4.78, 5) is 6.47. The summed E-state index contributed by atoms with van der Waals surface area (Å²) in [7, 11) is 1.94. The number of halogens is 1. The van der Waals surface area contributed by atoms with E-state index in [-0.39, 0.29) is 6.04 Å². The lowest BCUT2D eigenvalue weighted by Gasteiger charge is -2.30. The van der Waals surface area contributed by atoms with Gasteiger partial charge in [-0.05, 0) is 22.9 Å². The van der Waals surface area contributed by atoms with Crippen LogP contribution in [0.2, 0.25) is 0 Å². The summed E-state index contributed by atoms with van der Waals surface area (Å²) < 4.78 is 8.04. The van der Waals surface area contributed by atoms with Crippen molar-refractivity contribution in [3.8, 4) is 6.07 Å². The number of hydrogen-bond donors (Lipinski definition) is 0. The average molecular weight is 299 g/mol. The van der Waals surface area contributed by atoms with Crippen LogP contribution >= 0.6 is 15.9 Å². The first-order valence-corrected chi connectivity index (χ1v) is 6.34. The number of nitriles is 1. The molecular weight excluding hydrogens is 284 g/mol. The molecule has 1 aromatic heterocycles. The van der Waals surface area contributed by atoms with E-state index in [0.29, 0.717) is 13.2 Å². The molecule has 6 heteroatoms. The normalized spacial score (nSPS) is 18.9. The Morgan fingerprint density at radius 2 is 2.12 bits per heavy atom. The van der Waals surface area contributed by atoms with Gasteiger partial charge in [0.05, 0.1) is 25.0 Å². The van der Waals surface area contributed by atoms with Crippen LogP contribution in [0.5, 0.6) is 0 Å². The van der Waals surface area contributed by atoms with Crippen LogP contribution in [0.15, 0.2) is 4.60 Å². The van der Waals surface area contributed by atoms with Crippen molar-refractivity contribution in [2.45, 2.75) is 13.0 Å². The van der Waals surface area contributed by atoms with Gasteiger partial charge in [-0.15, -0.1) is 0 Å². The number of aryl methyl sites for hydroxylation is 1. The Balaban J connectivity index is 2.31. The molecule has 1 aromatic rings. The standard InChI is InChI=1S/C11H15BrN4O/c1-8-14-11(12)10(15(8)2)9(7-13)16-3-5-17-6-4-16/h9H,3-6H2,1-2H3. The molecule has 1 aliphatic rings. The van der Waals surface area contributed by atoms with Crippen molar-refractivity contribution < 1.29 is 4.74 Å². The van der Waals surface area contributed by atoms with E-state index in [1.165, 1.54) is 0 Å². The van der Waals surface area contributed by atoms with Gasteiger partial charge in [-0.1, -0.05) is 0 Å². The second kappa shape index (κ2) is 5.17. The number of rotatable bonds is 2. The van der Waals surface area contributed by atoms with Crippen LogP contribution in [-0.2, 0) is 11.8 Å². The fraction of sp³-hybridized carbons (Fsp3) is 0.636. The molecule has 0 N–H and O–H groups in total. The van der Waals surface area contributed by atoms with Gasteiger partial charge in [0.15, 0.2) is 0 Å². The van der Waals surface area contributed by atoms with Crippen LogP contribution < -0.4 is 0 Å². The van der Waals surface area contributed by atoms with Crippen LogP contribution in [0.25, 0.3) is 0 Å². The first kappa shape index (κ1) is 12.6. The lowest BCUT2D eigenvalue weighted by molar-refractivity contribution is 0.0254. The van der Waals surface area contributed by atoms with E-state index < -0.39 is 0 Å². The molecule has 5 nitrogen and oxygen atoms in total. The summed E-state index contributed by atoms with van der Waals surface area (Å²) in [6, 6.07) is 2.10. The van der Waals surface area contributed by atoms with Gasteiger partial charge in [0, 0.05) is 20.1 Å². The second-order valence-electron chi connectivity index (χ2n) is 4.07. The predicted octanol–water partition coefficient (Wildman–Crippen LogP) is 1.39. The van der Waals surface area contributed by atoms with Gasteiger partial charge in [-0.3, -0.25) is 4.90 Å². The van der Waals surface area contributed by atoms with Gasteiger partial charge in [0.25, 0.3) is 0 Å². The van der Waals surface area contributed by atoms with Crippen LogP contribution in [-0.4, -0.2) is 40.8 Å². The molecule has 1 fully saturated rings. The van der Waals surface area contributed by atoms with Crippen molar-refractivity contribution in [2.75, 3.05) is 26.3 Å². The topological polar surface area (TPSA) is 54.1 Å². The first-order chi connectivity index (χ1) is 8.15. The van der Waals surface area contributed by atoms with Gasteiger partial charge in [0.2, 0.25) is 0 Å². The molecule has 0 aliphatic carbocycles. The molecule has 1 atom stereocenters. The van der Waals surface area contributed by atoms with E-state index >= 15 is 0 Å². The molecule has 0 amide bonds. The van der Waals surface area contributed by atoms with Gasteiger partial charge in [-0.2, -0.15) is 5.26 Å². The van der Waals surface area contributed by atoms with Crippen molar-refractivity contribution in [1.82, 2.24) is 14.5 Å². The Labute approximate surface area is 109 Å². The Morgan fingerprint density at radius 1 is 1.47 bits per heavy atom. The highest BCUT2D eigenvalue weighted by molar-refractivity contribution is 9.10. The molecule has 92 valence electrons. The third-order valence-electron chi connectivity index (χ3n) is 3.11. The highest BCUT2D eigenvalue weighted by Crippen LogP contribution is 2.28. The van der Waals surface area contributed by atoms with Crippen LogP contribution in [0.4, 0.5) is 0 Å². The number of aromatic nitrogens is 2. The maximum absolute atomic E-state index is 9.40. The first-order valence-electron chi connectivity index (χ1n) is 5.55. The molecule has 0 bridgehead atoms. The van der Waals surface area contributed by atoms with Gasteiger partial charge in [-0.25, -0.2) is 4.98 Å². The molecular formula is C11H15BrN4O. The van der Waals surface area contributed by atoms with Crippen LogP contribution in [0, 0.1) is 18.3 Å². The zero-order valence-corrected chi connectivity index (χ0v) is 11.6. The van der Waals surface area contributed by atoms with E-state index in [4.69, 9.17) is 4.74 Å². The number of ether oxygens (including phenoxy) is 1. The molecule has 1 aliphatic heterocycles. The van der Waals surface area contributed by atoms with E-state index in [9.17, 15) is 5.26 Å². The highest BCUT2D eigenvalue weighted by atomic mass is 79.9. The van der Waals surface area contributed by atoms with Gasteiger partial charge in [0.1, 0.15) is 16.5 Å². The highest BCUT2D eigenvalue weighted by Gasteiger charge is 2.27. The van der Waals surface area contributed by atoms with Crippen molar-refractivity contribution in [3.05, 3.63) is 16.1 Å². The minimum absolute atomic E-state index is 0.264. The van der Waals surface area contributed by atoms with E-state index in [0.717, 1.165) is 29.2 Å². The van der Waals surface area contributed by atoms with Crippen molar-refractivity contribution >= 4 is 15.9 Å². The van der Waals surface area contributed by atoms with Crippen LogP contribution in [0.3, 0.4) is 0 Å². The smallest absolute Gasteiger partial charge is 0.141 e. The molecule has 2 heterocycles. The fourth-order valence-electron chi connectivity index (χ4n) is 2.03. The average Bonchev–Trinajstić information content (AvgIpc) is 2.58. The maximum atomic E-state index is 9.40. The molecule has 17 heavy (non-hydrogen) atoms. The molecule has 0 spiro atoms. The largest absolute Gasteiger partial charge is 0.379 e. The Hall–Kier alpha value is -0.900. The minimum atomic E-state index is -0.264. The number of hydrogen-bond acceptors (Lipinski definition) is 4. The van der Waals surface area contributed by atoms with Crippen molar-refractivity contribution in [3.63, 3.8) is 0 Å². The monoisotopic (exact) mass is 298 g/mol. The van der Waals surface area contributed by atoms with E-state index in [1.807, 2.05) is 18.5 Å². The van der Waals surface area contributed by atoms with Crippen LogP contribution in [0.1, 0.15) is 17.6 Å².